The number of benzene rings is 2. The van der Waals surface area contributed by atoms with E-state index < -0.39 is 5.91 Å². The van der Waals surface area contributed by atoms with Crippen LogP contribution < -0.4 is 10.6 Å². The molecule has 0 bridgehead atoms. The first-order valence-electron chi connectivity index (χ1n) is 8.62. The first-order chi connectivity index (χ1) is 13.8. The van der Waals surface area contributed by atoms with Crippen molar-refractivity contribution in [2.75, 3.05) is 5.32 Å². The van der Waals surface area contributed by atoms with E-state index in [-0.39, 0.29) is 5.57 Å². The van der Waals surface area contributed by atoms with Gasteiger partial charge in [-0.05, 0) is 35.9 Å². The van der Waals surface area contributed by atoms with E-state index in [0.29, 0.717) is 12.2 Å². The van der Waals surface area contributed by atoms with Gasteiger partial charge in [0.05, 0.1) is 5.69 Å². The Kier molecular flexibility index (Phi) is 6.83. The van der Waals surface area contributed by atoms with Gasteiger partial charge in [0.2, 0.25) is 0 Å². The molecule has 0 aliphatic rings. The third kappa shape index (κ3) is 5.47. The molecule has 5 nitrogen and oxygen atoms in total. The van der Waals surface area contributed by atoms with Gasteiger partial charge in [-0.15, -0.1) is 0 Å². The van der Waals surface area contributed by atoms with Crippen LogP contribution in [0.15, 0.2) is 101 Å². The second kappa shape index (κ2) is 9.95. The van der Waals surface area contributed by atoms with Crippen LogP contribution in [0, 0.1) is 11.3 Å². The van der Waals surface area contributed by atoms with Crippen molar-refractivity contribution in [3.8, 4) is 6.07 Å². The van der Waals surface area contributed by atoms with E-state index in [0.717, 1.165) is 15.4 Å². The van der Waals surface area contributed by atoms with E-state index in [4.69, 9.17) is 0 Å². The lowest BCUT2D eigenvalue weighted by Crippen LogP contribution is -2.17. The number of nitrogens with one attached hydrogen (secondary N) is 2. The number of rotatable bonds is 7. The molecule has 1 aromatic heterocycles. The standard InChI is InChI=1S/C22H18N4OS/c23-13-18(16-25-15-17-7-6-12-24-14-17)22(27)26-20-10-4-5-11-21(20)28-19-8-2-1-3-9-19/h1-12,14,16,25H,15H2,(H,26,27)/b18-16-. The number of aromatic nitrogens is 1. The quantitative estimate of drug-likeness (QED) is 0.466. The van der Waals surface area contributed by atoms with Gasteiger partial charge in [0.1, 0.15) is 11.6 Å². The summed E-state index contributed by atoms with van der Waals surface area (Å²) >= 11 is 1.55. The zero-order valence-corrected chi connectivity index (χ0v) is 15.8. The Morgan fingerprint density at radius 1 is 1.07 bits per heavy atom. The molecule has 3 rings (SSSR count). The summed E-state index contributed by atoms with van der Waals surface area (Å²) in [5, 5.41) is 15.2. The molecule has 0 atom stereocenters. The second-order valence-electron chi connectivity index (χ2n) is 5.78. The molecular weight excluding hydrogens is 368 g/mol. The van der Waals surface area contributed by atoms with Gasteiger partial charge in [0, 0.05) is 34.9 Å². The van der Waals surface area contributed by atoms with Gasteiger partial charge >= 0.3 is 0 Å². The Hall–Kier alpha value is -3.56. The first kappa shape index (κ1) is 19.2. The van der Waals surface area contributed by atoms with E-state index in [1.54, 1.807) is 24.2 Å². The summed E-state index contributed by atoms with van der Waals surface area (Å²) in [6.45, 7) is 0.479. The molecule has 0 radical (unpaired) electrons. The minimum absolute atomic E-state index is 0.00315. The van der Waals surface area contributed by atoms with Crippen molar-refractivity contribution in [2.45, 2.75) is 16.3 Å². The highest BCUT2D eigenvalue weighted by molar-refractivity contribution is 7.99. The molecule has 0 aliphatic carbocycles. The smallest absolute Gasteiger partial charge is 0.267 e. The maximum Gasteiger partial charge on any atom is 0.267 e. The van der Waals surface area contributed by atoms with E-state index in [9.17, 15) is 10.1 Å². The van der Waals surface area contributed by atoms with Crippen LogP contribution in [0.2, 0.25) is 0 Å². The highest BCUT2D eigenvalue weighted by Crippen LogP contribution is 2.33. The Morgan fingerprint density at radius 3 is 2.61 bits per heavy atom. The van der Waals surface area contributed by atoms with Crippen LogP contribution >= 0.6 is 11.8 Å². The lowest BCUT2D eigenvalue weighted by Gasteiger charge is -2.10. The summed E-state index contributed by atoms with van der Waals surface area (Å²) in [6.07, 6.45) is 4.84. The molecule has 1 amide bonds. The average Bonchev–Trinajstić information content (AvgIpc) is 2.74. The highest BCUT2D eigenvalue weighted by atomic mass is 32.2. The maximum atomic E-state index is 12.5. The number of hydrogen-bond acceptors (Lipinski definition) is 5. The molecule has 0 spiro atoms. The Bertz CT molecular complexity index is 998. The molecule has 0 fully saturated rings. The molecule has 2 N–H and O–H groups in total. The molecule has 0 saturated heterocycles. The fourth-order valence-electron chi connectivity index (χ4n) is 2.39. The number of hydrogen-bond donors (Lipinski definition) is 2. The van der Waals surface area contributed by atoms with Crippen LogP contribution in [0.5, 0.6) is 0 Å². The molecule has 138 valence electrons. The summed E-state index contributed by atoms with van der Waals surface area (Å²) in [6, 6.07) is 23.1. The van der Waals surface area contributed by atoms with Gasteiger partial charge in [-0.3, -0.25) is 9.78 Å². The van der Waals surface area contributed by atoms with Crippen LogP contribution in [0.1, 0.15) is 5.56 Å². The third-order valence-electron chi connectivity index (χ3n) is 3.75. The van der Waals surface area contributed by atoms with E-state index in [1.165, 1.54) is 6.20 Å². The van der Waals surface area contributed by atoms with Crippen molar-refractivity contribution in [2.24, 2.45) is 0 Å². The summed E-state index contributed by atoms with van der Waals surface area (Å²) < 4.78 is 0. The highest BCUT2D eigenvalue weighted by Gasteiger charge is 2.12. The number of nitriles is 1. The monoisotopic (exact) mass is 386 g/mol. The number of carbonyl (C=O) groups is 1. The first-order valence-corrected chi connectivity index (χ1v) is 9.44. The normalized spacial score (nSPS) is 10.8. The summed E-state index contributed by atoms with van der Waals surface area (Å²) in [7, 11) is 0. The predicted molar refractivity (Wildman–Crippen MR) is 110 cm³/mol. The lowest BCUT2D eigenvalue weighted by atomic mass is 10.2. The van der Waals surface area contributed by atoms with Gasteiger partial charge in [0.25, 0.3) is 5.91 Å². The molecule has 0 saturated carbocycles. The Morgan fingerprint density at radius 2 is 1.86 bits per heavy atom. The second-order valence-corrected chi connectivity index (χ2v) is 6.89. The average molecular weight is 386 g/mol. The summed E-state index contributed by atoms with van der Waals surface area (Å²) in [4.78, 5) is 18.5. The van der Waals surface area contributed by atoms with Crippen LogP contribution in [0.3, 0.4) is 0 Å². The van der Waals surface area contributed by atoms with Crippen LogP contribution in [-0.2, 0) is 11.3 Å². The van der Waals surface area contributed by atoms with Crippen molar-refractivity contribution in [1.82, 2.24) is 10.3 Å². The van der Waals surface area contributed by atoms with Gasteiger partial charge < -0.3 is 10.6 Å². The van der Waals surface area contributed by atoms with Crippen molar-refractivity contribution in [3.05, 3.63) is 96.5 Å². The van der Waals surface area contributed by atoms with E-state index in [1.807, 2.05) is 72.8 Å². The number of amides is 1. The Labute approximate surface area is 168 Å². The Balaban J connectivity index is 1.67. The molecule has 2 aromatic carbocycles. The minimum atomic E-state index is -0.456. The van der Waals surface area contributed by atoms with E-state index in [2.05, 4.69) is 15.6 Å². The lowest BCUT2D eigenvalue weighted by molar-refractivity contribution is -0.112. The van der Waals surface area contributed by atoms with Crippen LogP contribution in [0.25, 0.3) is 0 Å². The van der Waals surface area contributed by atoms with Crippen molar-refractivity contribution in [3.63, 3.8) is 0 Å². The fourth-order valence-corrected chi connectivity index (χ4v) is 3.31. The summed E-state index contributed by atoms with van der Waals surface area (Å²) in [5.41, 5.74) is 1.62. The third-order valence-corrected chi connectivity index (χ3v) is 4.83. The van der Waals surface area contributed by atoms with Crippen molar-refractivity contribution in [1.29, 1.82) is 5.26 Å². The largest absolute Gasteiger partial charge is 0.386 e. The van der Waals surface area contributed by atoms with Crippen molar-refractivity contribution >= 4 is 23.4 Å². The zero-order chi connectivity index (χ0) is 19.6. The molecular formula is C22H18N4OS. The predicted octanol–water partition coefficient (Wildman–Crippen LogP) is 4.37. The van der Waals surface area contributed by atoms with Gasteiger partial charge in [-0.1, -0.05) is 48.2 Å². The fraction of sp³-hybridized carbons (Fsp3) is 0.0455. The minimum Gasteiger partial charge on any atom is -0.386 e. The van der Waals surface area contributed by atoms with Crippen LogP contribution in [0.4, 0.5) is 5.69 Å². The maximum absolute atomic E-state index is 12.5. The molecule has 1 heterocycles. The number of pyridine rings is 1. The van der Waals surface area contributed by atoms with Gasteiger partial charge in [-0.2, -0.15) is 5.26 Å². The zero-order valence-electron chi connectivity index (χ0n) is 15.0. The number of anilines is 1. The molecule has 0 aliphatic heterocycles. The molecule has 0 unspecified atom stereocenters. The number of nitrogens with zero attached hydrogens (tertiary/aromatic N) is 2. The van der Waals surface area contributed by atoms with Crippen LogP contribution in [-0.4, -0.2) is 10.9 Å². The topological polar surface area (TPSA) is 77.8 Å². The van der Waals surface area contributed by atoms with E-state index >= 15 is 0 Å². The number of para-hydroxylation sites is 1. The molecule has 28 heavy (non-hydrogen) atoms. The SMILES string of the molecule is N#C/C(=C/NCc1cccnc1)C(=O)Nc1ccccc1Sc1ccccc1. The van der Waals surface area contributed by atoms with Gasteiger partial charge in [-0.25, -0.2) is 0 Å². The summed E-state index contributed by atoms with van der Waals surface area (Å²) in [5.74, 6) is -0.456. The molecule has 6 heteroatoms. The molecule has 3 aromatic rings. The van der Waals surface area contributed by atoms with Gasteiger partial charge in [0.15, 0.2) is 0 Å². The van der Waals surface area contributed by atoms with Crippen molar-refractivity contribution < 1.29 is 4.79 Å². The number of carbonyl (C=O) groups excluding carboxylic acids is 1.